The Balaban J connectivity index is 1.28. The zero-order valence-electron chi connectivity index (χ0n) is 20.1. The molecule has 3 heterocycles. The standard InChI is InChI=1S/C25H33N5O3S/c1-4-17(5-2)23-27-28-25(34-23)26-22(32)18-10-12-29(13-11-18)24(33)19-14-21(31)30(15-19)20-8-6-16(3)7-9-20/h6-9,17-19H,4-5,10-15H2,1-3H3,(H,26,28,32)/t19-/m1/s1. The number of carbonyl (C=O) groups is 3. The molecule has 1 aromatic carbocycles. The second-order valence-corrected chi connectivity index (χ2v) is 10.3. The summed E-state index contributed by atoms with van der Waals surface area (Å²) < 4.78 is 0. The molecule has 1 aromatic heterocycles. The maximum absolute atomic E-state index is 13.1. The first-order valence-electron chi connectivity index (χ1n) is 12.2. The van der Waals surface area contributed by atoms with Crippen LogP contribution >= 0.6 is 11.3 Å². The molecular weight excluding hydrogens is 450 g/mol. The fraction of sp³-hybridized carbons (Fsp3) is 0.560. The molecule has 4 rings (SSSR count). The number of nitrogens with one attached hydrogen (secondary N) is 1. The number of piperidine rings is 1. The van der Waals surface area contributed by atoms with Gasteiger partial charge in [-0.2, -0.15) is 0 Å². The molecule has 3 amide bonds. The number of anilines is 2. The highest BCUT2D eigenvalue weighted by Crippen LogP contribution is 2.30. The van der Waals surface area contributed by atoms with E-state index < -0.39 is 0 Å². The third-order valence-corrected chi connectivity index (χ3v) is 8.00. The zero-order chi connectivity index (χ0) is 24.2. The van der Waals surface area contributed by atoms with Gasteiger partial charge in [0.15, 0.2) is 0 Å². The first-order valence-corrected chi connectivity index (χ1v) is 13.0. The molecule has 0 radical (unpaired) electrons. The molecule has 1 atom stereocenters. The van der Waals surface area contributed by atoms with Crippen LogP contribution in [0.25, 0.3) is 0 Å². The molecule has 0 saturated carbocycles. The summed E-state index contributed by atoms with van der Waals surface area (Å²) in [5.41, 5.74) is 1.97. The third-order valence-electron chi connectivity index (χ3n) is 7.00. The van der Waals surface area contributed by atoms with Crippen LogP contribution in [0, 0.1) is 18.8 Å². The van der Waals surface area contributed by atoms with Crippen molar-refractivity contribution in [1.82, 2.24) is 15.1 Å². The molecule has 34 heavy (non-hydrogen) atoms. The molecule has 2 aliphatic rings. The van der Waals surface area contributed by atoms with Crippen LogP contribution in [0.5, 0.6) is 0 Å². The number of nitrogens with zero attached hydrogens (tertiary/aromatic N) is 4. The minimum atomic E-state index is -0.330. The lowest BCUT2D eigenvalue weighted by Gasteiger charge is -2.32. The van der Waals surface area contributed by atoms with Crippen LogP contribution < -0.4 is 10.2 Å². The second kappa shape index (κ2) is 10.6. The summed E-state index contributed by atoms with van der Waals surface area (Å²) in [5.74, 6) is -0.160. The minimum Gasteiger partial charge on any atom is -0.342 e. The van der Waals surface area contributed by atoms with Gasteiger partial charge in [0.05, 0.1) is 5.92 Å². The fourth-order valence-corrected chi connectivity index (χ4v) is 5.78. The van der Waals surface area contributed by atoms with E-state index in [4.69, 9.17) is 0 Å². The number of likely N-dealkylation sites (tertiary alicyclic amines) is 1. The van der Waals surface area contributed by atoms with E-state index in [9.17, 15) is 14.4 Å². The summed E-state index contributed by atoms with van der Waals surface area (Å²) in [6, 6.07) is 7.80. The second-order valence-electron chi connectivity index (χ2n) is 9.29. The molecule has 0 aliphatic carbocycles. The van der Waals surface area contributed by atoms with Crippen molar-refractivity contribution >= 4 is 39.9 Å². The summed E-state index contributed by atoms with van der Waals surface area (Å²) in [6.45, 7) is 7.74. The Morgan fingerprint density at radius 1 is 1.09 bits per heavy atom. The predicted molar refractivity (Wildman–Crippen MR) is 133 cm³/mol. The molecular formula is C25H33N5O3S. The smallest absolute Gasteiger partial charge is 0.229 e. The monoisotopic (exact) mass is 483 g/mol. The van der Waals surface area contributed by atoms with Crippen LogP contribution in [0.3, 0.4) is 0 Å². The molecule has 2 aliphatic heterocycles. The van der Waals surface area contributed by atoms with Gasteiger partial charge in [0, 0.05) is 43.6 Å². The van der Waals surface area contributed by atoms with Crippen LogP contribution in [0.15, 0.2) is 24.3 Å². The van der Waals surface area contributed by atoms with E-state index in [-0.39, 0.29) is 36.0 Å². The number of benzene rings is 1. The van der Waals surface area contributed by atoms with E-state index in [1.54, 1.807) is 4.90 Å². The van der Waals surface area contributed by atoms with Gasteiger partial charge in [-0.05, 0) is 44.7 Å². The van der Waals surface area contributed by atoms with Crippen molar-refractivity contribution < 1.29 is 14.4 Å². The van der Waals surface area contributed by atoms with Crippen LogP contribution in [0.4, 0.5) is 10.8 Å². The predicted octanol–water partition coefficient (Wildman–Crippen LogP) is 3.98. The Kier molecular flexibility index (Phi) is 7.60. The van der Waals surface area contributed by atoms with Gasteiger partial charge >= 0.3 is 0 Å². The Morgan fingerprint density at radius 3 is 2.41 bits per heavy atom. The number of amides is 3. The van der Waals surface area contributed by atoms with Crippen molar-refractivity contribution in [3.05, 3.63) is 34.8 Å². The summed E-state index contributed by atoms with van der Waals surface area (Å²) in [4.78, 5) is 41.9. The Bertz CT molecular complexity index is 1030. The van der Waals surface area contributed by atoms with Gasteiger partial charge in [-0.25, -0.2) is 0 Å². The van der Waals surface area contributed by atoms with Gasteiger partial charge in [0.25, 0.3) is 0 Å². The number of hydrogen-bond donors (Lipinski definition) is 1. The van der Waals surface area contributed by atoms with Crippen molar-refractivity contribution in [3.8, 4) is 0 Å². The lowest BCUT2D eigenvalue weighted by molar-refractivity contribution is -0.138. The lowest BCUT2D eigenvalue weighted by atomic mass is 9.94. The molecule has 1 N–H and O–H groups in total. The first kappa shape index (κ1) is 24.3. The fourth-order valence-electron chi connectivity index (χ4n) is 4.76. The van der Waals surface area contributed by atoms with E-state index in [0.29, 0.717) is 43.5 Å². The van der Waals surface area contributed by atoms with E-state index in [1.807, 2.05) is 36.1 Å². The normalized spacial score (nSPS) is 19.2. The van der Waals surface area contributed by atoms with E-state index >= 15 is 0 Å². The van der Waals surface area contributed by atoms with Crippen LogP contribution in [-0.2, 0) is 14.4 Å². The highest BCUT2D eigenvalue weighted by molar-refractivity contribution is 7.15. The topological polar surface area (TPSA) is 95.5 Å². The molecule has 0 spiro atoms. The molecule has 8 nitrogen and oxygen atoms in total. The Morgan fingerprint density at radius 2 is 1.76 bits per heavy atom. The average molecular weight is 484 g/mol. The summed E-state index contributed by atoms with van der Waals surface area (Å²) in [7, 11) is 0. The Labute approximate surface area is 204 Å². The molecule has 0 bridgehead atoms. The van der Waals surface area contributed by atoms with Gasteiger partial charge in [-0.3, -0.25) is 14.4 Å². The number of rotatable bonds is 7. The highest BCUT2D eigenvalue weighted by Gasteiger charge is 2.38. The van der Waals surface area contributed by atoms with E-state index in [2.05, 4.69) is 29.4 Å². The quantitative estimate of drug-likeness (QED) is 0.643. The molecule has 2 saturated heterocycles. The summed E-state index contributed by atoms with van der Waals surface area (Å²) in [5, 5.41) is 12.8. The summed E-state index contributed by atoms with van der Waals surface area (Å²) in [6.07, 6.45) is 3.46. The maximum Gasteiger partial charge on any atom is 0.229 e. The number of hydrogen-bond acceptors (Lipinski definition) is 6. The average Bonchev–Trinajstić information content (AvgIpc) is 3.47. The van der Waals surface area contributed by atoms with Crippen molar-refractivity contribution in [2.24, 2.45) is 11.8 Å². The van der Waals surface area contributed by atoms with Crippen molar-refractivity contribution in [2.75, 3.05) is 29.9 Å². The van der Waals surface area contributed by atoms with Crippen molar-refractivity contribution in [2.45, 2.75) is 58.8 Å². The van der Waals surface area contributed by atoms with Gasteiger partial charge in [-0.1, -0.05) is 42.9 Å². The van der Waals surface area contributed by atoms with Crippen LogP contribution in [0.1, 0.15) is 62.4 Å². The molecule has 2 fully saturated rings. The Hall–Kier alpha value is -2.81. The largest absolute Gasteiger partial charge is 0.342 e. The van der Waals surface area contributed by atoms with Crippen LogP contribution in [-0.4, -0.2) is 52.5 Å². The van der Waals surface area contributed by atoms with Gasteiger partial charge in [-0.15, -0.1) is 10.2 Å². The van der Waals surface area contributed by atoms with E-state index in [0.717, 1.165) is 29.1 Å². The number of carbonyl (C=O) groups excluding carboxylic acids is 3. The highest BCUT2D eigenvalue weighted by atomic mass is 32.1. The number of aromatic nitrogens is 2. The summed E-state index contributed by atoms with van der Waals surface area (Å²) >= 11 is 1.45. The zero-order valence-corrected chi connectivity index (χ0v) is 20.9. The lowest BCUT2D eigenvalue weighted by Crippen LogP contribution is -2.44. The maximum atomic E-state index is 13.1. The van der Waals surface area contributed by atoms with E-state index in [1.165, 1.54) is 11.3 Å². The van der Waals surface area contributed by atoms with Gasteiger partial charge in [0.1, 0.15) is 5.01 Å². The van der Waals surface area contributed by atoms with Gasteiger partial charge < -0.3 is 15.1 Å². The van der Waals surface area contributed by atoms with Crippen molar-refractivity contribution in [3.63, 3.8) is 0 Å². The van der Waals surface area contributed by atoms with Crippen LogP contribution in [0.2, 0.25) is 0 Å². The number of aryl methyl sites for hydroxylation is 1. The molecule has 182 valence electrons. The first-order chi connectivity index (χ1) is 16.4. The molecule has 2 aromatic rings. The molecule has 0 unspecified atom stereocenters. The third kappa shape index (κ3) is 5.29. The molecule has 9 heteroatoms. The SMILES string of the molecule is CCC(CC)c1nnc(NC(=O)C2CCN(C(=O)[C@@H]3CC(=O)N(c4ccc(C)cc4)C3)CC2)s1. The van der Waals surface area contributed by atoms with Crippen molar-refractivity contribution in [1.29, 1.82) is 0 Å². The minimum absolute atomic E-state index is 0.0127. The van der Waals surface area contributed by atoms with Gasteiger partial charge in [0.2, 0.25) is 22.9 Å².